The Balaban J connectivity index is 0.00000289. The van der Waals surface area contributed by atoms with Gasteiger partial charge in [0.15, 0.2) is 5.96 Å². The summed E-state index contributed by atoms with van der Waals surface area (Å²) < 4.78 is 11.0. The van der Waals surface area contributed by atoms with Crippen LogP contribution in [-0.2, 0) is 10.2 Å². The van der Waals surface area contributed by atoms with Crippen LogP contribution < -0.4 is 10.1 Å². The lowest BCUT2D eigenvalue weighted by Crippen LogP contribution is -2.43. The van der Waals surface area contributed by atoms with E-state index in [4.69, 9.17) is 14.5 Å². The van der Waals surface area contributed by atoms with Gasteiger partial charge in [-0.3, -0.25) is 9.89 Å². The van der Waals surface area contributed by atoms with Crippen LogP contribution in [0.2, 0.25) is 0 Å². The zero-order chi connectivity index (χ0) is 21.5. The molecule has 3 fully saturated rings. The molecule has 1 aromatic rings. The van der Waals surface area contributed by atoms with Crippen LogP contribution in [0, 0.1) is 5.92 Å². The number of likely N-dealkylation sites (tertiary alicyclic amines) is 1. The molecule has 0 spiro atoms. The number of hydrogen-bond donors (Lipinski definition) is 1. The molecule has 7 heteroatoms. The third kappa shape index (κ3) is 6.29. The average molecular weight is 557 g/mol. The molecule has 1 aromatic carbocycles. The smallest absolute Gasteiger partial charge is 0.193 e. The first-order valence-electron chi connectivity index (χ1n) is 12.2. The summed E-state index contributed by atoms with van der Waals surface area (Å²) in [6, 6.07) is 8.66. The normalized spacial score (nSPS) is 23.8. The van der Waals surface area contributed by atoms with E-state index in [9.17, 15) is 0 Å². The summed E-state index contributed by atoms with van der Waals surface area (Å²) in [6.45, 7) is 11.3. The molecular weight excluding hydrogens is 515 g/mol. The van der Waals surface area contributed by atoms with Crippen LogP contribution >= 0.6 is 24.0 Å². The Kier molecular flexibility index (Phi) is 9.92. The second kappa shape index (κ2) is 12.4. The number of guanidine groups is 1. The van der Waals surface area contributed by atoms with E-state index in [1.165, 1.54) is 44.2 Å². The third-order valence-electron chi connectivity index (χ3n) is 7.31. The Morgan fingerprint density at radius 2 is 2.00 bits per heavy atom. The lowest BCUT2D eigenvalue weighted by Gasteiger charge is -2.30. The van der Waals surface area contributed by atoms with Crippen molar-refractivity contribution in [1.82, 2.24) is 15.1 Å². The van der Waals surface area contributed by atoms with Gasteiger partial charge < -0.3 is 19.7 Å². The van der Waals surface area contributed by atoms with Crippen molar-refractivity contribution in [3.8, 4) is 5.75 Å². The SMILES string of the molecule is CCNC(=NCC1(c2cccc(OC)c2)CCCC1)N1CCC(CN2CCOCC2)C1.I. The van der Waals surface area contributed by atoms with E-state index in [-0.39, 0.29) is 29.4 Å². The van der Waals surface area contributed by atoms with Crippen LogP contribution in [0.5, 0.6) is 5.75 Å². The molecule has 1 saturated carbocycles. The number of hydrogen-bond acceptors (Lipinski definition) is 4. The molecule has 1 unspecified atom stereocenters. The van der Waals surface area contributed by atoms with E-state index in [1.807, 2.05) is 6.07 Å². The van der Waals surface area contributed by atoms with Gasteiger partial charge >= 0.3 is 0 Å². The average Bonchev–Trinajstić information content (AvgIpc) is 3.48. The van der Waals surface area contributed by atoms with Gasteiger partial charge in [-0.2, -0.15) is 0 Å². The Labute approximate surface area is 211 Å². The first-order chi connectivity index (χ1) is 15.2. The zero-order valence-electron chi connectivity index (χ0n) is 19.9. The molecule has 2 saturated heterocycles. The van der Waals surface area contributed by atoms with Gasteiger partial charge in [0.1, 0.15) is 5.75 Å². The van der Waals surface area contributed by atoms with E-state index >= 15 is 0 Å². The topological polar surface area (TPSA) is 49.3 Å². The van der Waals surface area contributed by atoms with E-state index in [1.54, 1.807) is 7.11 Å². The molecule has 2 aliphatic heterocycles. The van der Waals surface area contributed by atoms with Crippen molar-refractivity contribution in [2.24, 2.45) is 10.9 Å². The summed E-state index contributed by atoms with van der Waals surface area (Å²) in [5.41, 5.74) is 1.53. The summed E-state index contributed by atoms with van der Waals surface area (Å²) in [4.78, 5) is 10.3. The molecule has 0 aromatic heterocycles. The summed E-state index contributed by atoms with van der Waals surface area (Å²) in [5.74, 6) is 2.77. The zero-order valence-corrected chi connectivity index (χ0v) is 22.2. The van der Waals surface area contributed by atoms with Crippen molar-refractivity contribution in [3.63, 3.8) is 0 Å². The van der Waals surface area contributed by atoms with Crippen molar-refractivity contribution in [1.29, 1.82) is 0 Å². The molecule has 180 valence electrons. The number of ether oxygens (including phenoxy) is 2. The van der Waals surface area contributed by atoms with Crippen LogP contribution in [0.1, 0.15) is 44.6 Å². The Hall–Kier alpha value is -1.06. The predicted octanol–water partition coefficient (Wildman–Crippen LogP) is 3.74. The van der Waals surface area contributed by atoms with E-state index in [2.05, 4.69) is 40.2 Å². The van der Waals surface area contributed by atoms with Crippen LogP contribution in [0.4, 0.5) is 0 Å². The number of aliphatic imine (C=N–C) groups is 1. The Bertz CT molecular complexity index is 732. The quantitative estimate of drug-likeness (QED) is 0.315. The maximum atomic E-state index is 5.51. The van der Waals surface area contributed by atoms with Crippen molar-refractivity contribution >= 4 is 29.9 Å². The van der Waals surface area contributed by atoms with Gasteiger partial charge in [-0.05, 0) is 49.8 Å². The van der Waals surface area contributed by atoms with Crippen molar-refractivity contribution in [2.45, 2.75) is 44.4 Å². The van der Waals surface area contributed by atoms with Crippen LogP contribution in [0.25, 0.3) is 0 Å². The second-order valence-corrected chi connectivity index (χ2v) is 9.40. The molecule has 1 N–H and O–H groups in total. The maximum Gasteiger partial charge on any atom is 0.193 e. The highest BCUT2D eigenvalue weighted by atomic mass is 127. The molecule has 0 amide bonds. The number of benzene rings is 1. The van der Waals surface area contributed by atoms with Crippen molar-refractivity contribution < 1.29 is 9.47 Å². The second-order valence-electron chi connectivity index (χ2n) is 9.40. The highest BCUT2D eigenvalue weighted by Crippen LogP contribution is 2.42. The number of methoxy groups -OCH3 is 1. The third-order valence-corrected chi connectivity index (χ3v) is 7.31. The fourth-order valence-electron chi connectivity index (χ4n) is 5.52. The molecule has 32 heavy (non-hydrogen) atoms. The number of nitrogens with one attached hydrogen (secondary N) is 1. The first-order valence-corrected chi connectivity index (χ1v) is 12.2. The standard InChI is InChI=1S/C25H40N4O2.HI/c1-3-26-24(29-12-9-21(19-29)18-28-13-15-31-16-14-28)27-20-25(10-4-5-11-25)22-7-6-8-23(17-22)30-2;/h6-8,17,21H,3-5,9-16,18-20H2,1-2H3,(H,26,27);1H. The van der Waals surface area contributed by atoms with E-state index in [0.717, 1.165) is 70.1 Å². The van der Waals surface area contributed by atoms with Crippen molar-refractivity contribution in [3.05, 3.63) is 29.8 Å². The maximum absolute atomic E-state index is 5.51. The minimum Gasteiger partial charge on any atom is -0.497 e. The minimum atomic E-state index is 0. The number of nitrogens with zero attached hydrogens (tertiary/aromatic N) is 3. The Morgan fingerprint density at radius 1 is 1.22 bits per heavy atom. The van der Waals surface area contributed by atoms with Crippen LogP contribution in [-0.4, -0.2) is 81.9 Å². The summed E-state index contributed by atoms with van der Waals surface area (Å²) in [6.07, 6.45) is 6.25. The highest BCUT2D eigenvalue weighted by Gasteiger charge is 2.36. The largest absolute Gasteiger partial charge is 0.497 e. The fourth-order valence-corrected chi connectivity index (χ4v) is 5.52. The fraction of sp³-hybridized carbons (Fsp3) is 0.720. The Morgan fingerprint density at radius 3 is 2.72 bits per heavy atom. The van der Waals surface area contributed by atoms with Gasteiger partial charge in [0.2, 0.25) is 0 Å². The number of rotatable bonds is 7. The summed E-state index contributed by atoms with van der Waals surface area (Å²) in [7, 11) is 1.75. The van der Waals surface area contributed by atoms with Crippen LogP contribution in [0.3, 0.4) is 0 Å². The van der Waals surface area contributed by atoms with E-state index in [0.29, 0.717) is 0 Å². The van der Waals surface area contributed by atoms with Crippen LogP contribution in [0.15, 0.2) is 29.3 Å². The molecule has 6 nitrogen and oxygen atoms in total. The van der Waals surface area contributed by atoms with Crippen molar-refractivity contribution in [2.75, 3.05) is 66.1 Å². The van der Waals surface area contributed by atoms with Gasteiger partial charge in [0, 0.05) is 44.7 Å². The number of halogens is 1. The summed E-state index contributed by atoms with van der Waals surface area (Å²) in [5, 5.41) is 3.58. The molecule has 1 atom stereocenters. The van der Waals surface area contributed by atoms with Gasteiger partial charge in [-0.25, -0.2) is 0 Å². The molecule has 1 aliphatic carbocycles. The molecule has 0 radical (unpaired) electrons. The van der Waals surface area contributed by atoms with Gasteiger partial charge in [0.05, 0.1) is 26.9 Å². The first kappa shape index (κ1) is 25.6. The molecule has 3 aliphatic rings. The van der Waals surface area contributed by atoms with E-state index < -0.39 is 0 Å². The summed E-state index contributed by atoms with van der Waals surface area (Å²) >= 11 is 0. The predicted molar refractivity (Wildman–Crippen MR) is 141 cm³/mol. The van der Waals surface area contributed by atoms with Gasteiger partial charge in [0.25, 0.3) is 0 Å². The molecule has 4 rings (SSSR count). The lowest BCUT2D eigenvalue weighted by atomic mass is 9.79. The minimum absolute atomic E-state index is 0. The lowest BCUT2D eigenvalue weighted by molar-refractivity contribution is 0.0315. The molecular formula is C25H41IN4O2. The molecule has 0 bridgehead atoms. The van der Waals surface area contributed by atoms with Gasteiger partial charge in [-0.15, -0.1) is 24.0 Å². The highest BCUT2D eigenvalue weighted by molar-refractivity contribution is 14.0. The molecule has 2 heterocycles. The monoisotopic (exact) mass is 556 g/mol. The number of morpholine rings is 1. The van der Waals surface area contributed by atoms with Gasteiger partial charge in [-0.1, -0.05) is 25.0 Å².